The first kappa shape index (κ1) is 13.1. The molecule has 92 valence electrons. The van der Waals surface area contributed by atoms with E-state index in [2.05, 4.69) is 25.0 Å². The van der Waals surface area contributed by atoms with Crippen LogP contribution in [-0.4, -0.2) is 20.5 Å². The molecule has 0 atom stereocenters. The summed E-state index contributed by atoms with van der Waals surface area (Å²) in [5, 5.41) is 4.80. The fraction of sp³-hybridized carbons (Fsp3) is 0.667. The minimum atomic E-state index is -0.333. The Hall–Kier alpha value is -1.92. The largest absolute Gasteiger partial charge is 0.273 e. The zero-order chi connectivity index (χ0) is 13.1. The summed E-state index contributed by atoms with van der Waals surface area (Å²) < 4.78 is 0. The molecule has 0 saturated heterocycles. The highest BCUT2D eigenvalue weighted by Gasteiger charge is 2.21. The summed E-state index contributed by atoms with van der Waals surface area (Å²) in [7, 11) is 0. The van der Waals surface area contributed by atoms with Crippen molar-refractivity contribution in [1.82, 2.24) is 15.0 Å². The molecular weight excluding hydrogens is 220 g/mol. The Morgan fingerprint density at radius 3 is 2.47 bits per heavy atom. The fourth-order valence-corrected chi connectivity index (χ4v) is 1.05. The van der Waals surface area contributed by atoms with Gasteiger partial charge in [-0.1, -0.05) is 6.92 Å². The quantitative estimate of drug-likeness (QED) is 0.282. The van der Waals surface area contributed by atoms with Gasteiger partial charge in [0.2, 0.25) is 11.9 Å². The summed E-state index contributed by atoms with van der Waals surface area (Å²) >= 11 is 0. The van der Waals surface area contributed by atoms with Gasteiger partial charge in [0, 0.05) is 11.3 Å². The summed E-state index contributed by atoms with van der Waals surface area (Å²) in [5.74, 6) is 6.78. The van der Waals surface area contributed by atoms with Gasteiger partial charge in [0.05, 0.1) is 5.54 Å². The second kappa shape index (κ2) is 4.94. The minimum Gasteiger partial charge on any atom is -0.273 e. The third-order valence-electron chi connectivity index (χ3n) is 2.05. The summed E-state index contributed by atoms with van der Waals surface area (Å²) in [4.78, 5) is 14.8. The monoisotopic (exact) mass is 236 g/mol. The van der Waals surface area contributed by atoms with Gasteiger partial charge in [0.25, 0.3) is 0 Å². The Morgan fingerprint density at radius 1 is 1.35 bits per heavy atom. The topological polar surface area (TPSA) is 117 Å². The zero-order valence-corrected chi connectivity index (χ0v) is 10.4. The fourth-order valence-electron chi connectivity index (χ4n) is 1.05. The van der Waals surface area contributed by atoms with Gasteiger partial charge in [-0.2, -0.15) is 9.97 Å². The van der Waals surface area contributed by atoms with E-state index in [4.69, 9.17) is 11.4 Å². The molecular formula is C9H16N8. The van der Waals surface area contributed by atoms with Crippen LogP contribution in [0.1, 0.15) is 33.5 Å². The van der Waals surface area contributed by atoms with Crippen LogP contribution in [0.3, 0.4) is 0 Å². The molecule has 8 heteroatoms. The number of hydrogen-bond acceptors (Lipinski definition) is 6. The number of azide groups is 1. The van der Waals surface area contributed by atoms with Gasteiger partial charge in [0.1, 0.15) is 5.82 Å². The van der Waals surface area contributed by atoms with E-state index in [1.165, 1.54) is 5.01 Å². The number of hydrazine groups is 1. The molecule has 0 unspecified atom stereocenters. The van der Waals surface area contributed by atoms with Crippen LogP contribution in [0.2, 0.25) is 0 Å². The lowest BCUT2D eigenvalue weighted by atomic mass is 10.1. The van der Waals surface area contributed by atoms with Crippen molar-refractivity contribution in [3.63, 3.8) is 0 Å². The molecule has 0 aliphatic carbocycles. The highest BCUT2D eigenvalue weighted by Crippen LogP contribution is 2.18. The van der Waals surface area contributed by atoms with E-state index in [0.717, 1.165) is 0 Å². The van der Waals surface area contributed by atoms with Gasteiger partial charge < -0.3 is 0 Å². The Morgan fingerprint density at radius 2 is 2.00 bits per heavy atom. The van der Waals surface area contributed by atoms with Gasteiger partial charge in [0.15, 0.2) is 0 Å². The number of rotatable bonds is 3. The number of nitrogens with zero attached hydrogens (tertiary/aromatic N) is 7. The van der Waals surface area contributed by atoms with E-state index in [0.29, 0.717) is 18.2 Å². The molecule has 1 aromatic heterocycles. The Labute approximate surface area is 99.5 Å². The lowest BCUT2D eigenvalue weighted by molar-refractivity contribution is 0.501. The molecule has 1 aromatic rings. The smallest absolute Gasteiger partial charge is 0.244 e. The lowest BCUT2D eigenvalue weighted by Gasteiger charge is -2.31. The molecule has 1 rings (SSSR count). The first-order valence-corrected chi connectivity index (χ1v) is 5.23. The Bertz CT molecular complexity index is 443. The second-order valence-corrected chi connectivity index (χ2v) is 4.44. The summed E-state index contributed by atoms with van der Waals surface area (Å²) in [6, 6.07) is 0. The maximum absolute atomic E-state index is 8.39. The first-order chi connectivity index (χ1) is 7.88. The first-order valence-electron chi connectivity index (χ1n) is 5.23. The molecule has 0 bridgehead atoms. The molecule has 8 nitrogen and oxygen atoms in total. The van der Waals surface area contributed by atoms with Gasteiger partial charge in [-0.15, -0.1) is 0 Å². The lowest BCUT2D eigenvalue weighted by Crippen LogP contribution is -2.48. The zero-order valence-electron chi connectivity index (χ0n) is 10.4. The molecule has 2 N–H and O–H groups in total. The van der Waals surface area contributed by atoms with E-state index < -0.39 is 0 Å². The molecule has 0 fully saturated rings. The van der Waals surface area contributed by atoms with Crippen LogP contribution in [-0.2, 0) is 6.42 Å². The normalized spacial score (nSPS) is 10.9. The average molecular weight is 236 g/mol. The van der Waals surface area contributed by atoms with Crippen LogP contribution in [0.15, 0.2) is 5.11 Å². The average Bonchev–Trinajstić information content (AvgIpc) is 2.26. The Kier molecular flexibility index (Phi) is 3.82. The molecule has 0 saturated carbocycles. The van der Waals surface area contributed by atoms with Crippen molar-refractivity contribution in [2.75, 3.05) is 5.01 Å². The molecule has 17 heavy (non-hydrogen) atoms. The van der Waals surface area contributed by atoms with Crippen LogP contribution in [0, 0.1) is 0 Å². The second-order valence-electron chi connectivity index (χ2n) is 4.44. The SMILES string of the molecule is CCc1nc(N=[N+]=[N-])nc(N(N)C(C)(C)C)n1. The molecule has 0 aliphatic rings. The van der Waals surface area contributed by atoms with Gasteiger partial charge >= 0.3 is 0 Å². The highest BCUT2D eigenvalue weighted by molar-refractivity contribution is 5.35. The molecule has 0 amide bonds. The number of nitrogens with two attached hydrogens (primary N) is 1. The number of aromatic nitrogens is 3. The molecule has 0 spiro atoms. The molecule has 0 aromatic carbocycles. The van der Waals surface area contributed by atoms with E-state index in [-0.39, 0.29) is 11.5 Å². The molecule has 1 heterocycles. The van der Waals surface area contributed by atoms with E-state index in [1.807, 2.05) is 27.7 Å². The van der Waals surface area contributed by atoms with Gasteiger partial charge in [-0.25, -0.2) is 10.8 Å². The van der Waals surface area contributed by atoms with Crippen molar-refractivity contribution < 1.29 is 0 Å². The van der Waals surface area contributed by atoms with E-state index in [9.17, 15) is 0 Å². The summed E-state index contributed by atoms with van der Waals surface area (Å²) in [5.41, 5.74) is 8.05. The van der Waals surface area contributed by atoms with Crippen molar-refractivity contribution in [3.05, 3.63) is 16.3 Å². The van der Waals surface area contributed by atoms with Crippen LogP contribution < -0.4 is 10.9 Å². The standard InChI is InChI=1S/C9H16N8/c1-5-6-12-7(15-16-10)14-8(13-6)17(11)9(2,3)4/h5,11H2,1-4H3. The number of hydrogen-bond donors (Lipinski definition) is 1. The van der Waals surface area contributed by atoms with Crippen LogP contribution in [0.4, 0.5) is 11.9 Å². The summed E-state index contributed by atoms with van der Waals surface area (Å²) in [6.45, 7) is 7.68. The van der Waals surface area contributed by atoms with Crippen LogP contribution in [0.25, 0.3) is 10.4 Å². The van der Waals surface area contributed by atoms with E-state index >= 15 is 0 Å². The minimum absolute atomic E-state index is 0.0362. The van der Waals surface area contributed by atoms with E-state index in [1.54, 1.807) is 0 Å². The predicted octanol–water partition coefficient (Wildman–Crippen LogP) is 1.85. The van der Waals surface area contributed by atoms with Crippen molar-refractivity contribution >= 4 is 11.9 Å². The van der Waals surface area contributed by atoms with Crippen molar-refractivity contribution in [2.45, 2.75) is 39.7 Å². The number of anilines is 1. The van der Waals surface area contributed by atoms with Gasteiger partial charge in [-0.3, -0.25) is 5.01 Å². The number of aryl methyl sites for hydroxylation is 1. The van der Waals surface area contributed by atoms with Crippen molar-refractivity contribution in [3.8, 4) is 0 Å². The highest BCUT2D eigenvalue weighted by atomic mass is 15.5. The summed E-state index contributed by atoms with van der Waals surface area (Å²) in [6.07, 6.45) is 0.613. The maximum atomic E-state index is 8.39. The predicted molar refractivity (Wildman–Crippen MR) is 64.4 cm³/mol. The molecule has 0 radical (unpaired) electrons. The van der Waals surface area contributed by atoms with Crippen LogP contribution in [0.5, 0.6) is 0 Å². The molecule has 0 aliphatic heterocycles. The van der Waals surface area contributed by atoms with Crippen molar-refractivity contribution in [1.29, 1.82) is 0 Å². The van der Waals surface area contributed by atoms with Gasteiger partial charge in [-0.05, 0) is 31.4 Å². The van der Waals surface area contributed by atoms with Crippen LogP contribution >= 0.6 is 0 Å². The third kappa shape index (κ3) is 3.27. The maximum Gasteiger partial charge on any atom is 0.244 e. The third-order valence-corrected chi connectivity index (χ3v) is 2.05. The van der Waals surface area contributed by atoms with Crippen molar-refractivity contribution in [2.24, 2.45) is 11.0 Å². The Balaban J connectivity index is 3.24.